The summed E-state index contributed by atoms with van der Waals surface area (Å²) in [6, 6.07) is 15.0. The first-order valence-corrected chi connectivity index (χ1v) is 12.8. The molecule has 1 saturated heterocycles. The topological polar surface area (TPSA) is 103 Å². The molecule has 5 aromatic rings. The molecule has 0 bridgehead atoms. The van der Waals surface area contributed by atoms with Gasteiger partial charge in [-0.3, -0.25) is 4.98 Å². The number of aliphatic hydroxyl groups is 1. The van der Waals surface area contributed by atoms with Crippen molar-refractivity contribution >= 4 is 27.8 Å². The smallest absolute Gasteiger partial charge is 0.150 e. The molecule has 1 fully saturated rings. The maximum atomic E-state index is 9.56. The van der Waals surface area contributed by atoms with Crippen molar-refractivity contribution in [1.82, 2.24) is 29.5 Å². The number of nitrogens with zero attached hydrogens (tertiary/aromatic N) is 6. The van der Waals surface area contributed by atoms with E-state index in [4.69, 9.17) is 14.7 Å². The van der Waals surface area contributed by atoms with Crippen molar-refractivity contribution in [3.05, 3.63) is 66.1 Å². The zero-order valence-electron chi connectivity index (χ0n) is 21.1. The fourth-order valence-electron chi connectivity index (χ4n) is 5.75. The SMILES string of the molecule is Cc1nnn(C)c1-c1cnc2c3ccnc(NCCO)c3n(C(c3ccccc3)C3CCOCC3)c2c1. The Morgan fingerprint density at radius 1 is 1.14 bits per heavy atom. The minimum Gasteiger partial charge on any atom is -0.395 e. The van der Waals surface area contributed by atoms with E-state index in [9.17, 15) is 5.11 Å². The second kappa shape index (κ2) is 9.91. The summed E-state index contributed by atoms with van der Waals surface area (Å²) in [7, 11) is 1.91. The van der Waals surface area contributed by atoms with Crippen molar-refractivity contribution in [2.75, 3.05) is 31.7 Å². The number of rotatable bonds is 7. The second-order valence-electron chi connectivity index (χ2n) is 9.62. The Morgan fingerprint density at radius 3 is 2.68 bits per heavy atom. The lowest BCUT2D eigenvalue weighted by molar-refractivity contribution is 0.0553. The van der Waals surface area contributed by atoms with Crippen LogP contribution in [0.3, 0.4) is 0 Å². The molecule has 1 unspecified atom stereocenters. The van der Waals surface area contributed by atoms with Crippen LogP contribution < -0.4 is 5.32 Å². The molecule has 0 radical (unpaired) electrons. The number of fused-ring (bicyclic) bond motifs is 3. The molecule has 0 aliphatic carbocycles. The van der Waals surface area contributed by atoms with Crippen LogP contribution >= 0.6 is 0 Å². The standard InChI is InChI=1S/C28H31N7O2/c1-18-25(34(2)33-32-18)21-16-23-24(31-17-21)22-8-11-29-28(30-12-13-36)27(22)35(23)26(19-6-4-3-5-7-19)20-9-14-37-15-10-20/h3-8,11,16-17,20,26,36H,9-10,12-15H2,1-2H3,(H,29,30). The van der Waals surface area contributed by atoms with Crippen molar-refractivity contribution in [3.8, 4) is 11.3 Å². The molecular formula is C28H31N7O2. The summed E-state index contributed by atoms with van der Waals surface area (Å²) in [6.45, 7) is 3.91. The summed E-state index contributed by atoms with van der Waals surface area (Å²) in [4.78, 5) is 9.69. The number of aryl methyl sites for hydroxylation is 2. The molecular weight excluding hydrogens is 466 g/mol. The quantitative estimate of drug-likeness (QED) is 0.349. The molecule has 0 amide bonds. The lowest BCUT2D eigenvalue weighted by atomic mass is 9.86. The summed E-state index contributed by atoms with van der Waals surface area (Å²) >= 11 is 0. The van der Waals surface area contributed by atoms with E-state index in [1.807, 2.05) is 32.4 Å². The summed E-state index contributed by atoms with van der Waals surface area (Å²) in [5.74, 6) is 1.13. The maximum absolute atomic E-state index is 9.56. The van der Waals surface area contributed by atoms with Gasteiger partial charge in [0, 0.05) is 50.1 Å². The minimum absolute atomic E-state index is 0.0234. The van der Waals surface area contributed by atoms with E-state index in [1.54, 1.807) is 4.68 Å². The molecule has 9 nitrogen and oxygen atoms in total. The number of pyridine rings is 2. The predicted molar refractivity (Wildman–Crippen MR) is 143 cm³/mol. The Hall–Kier alpha value is -3.82. The van der Waals surface area contributed by atoms with Gasteiger partial charge in [-0.1, -0.05) is 35.5 Å². The molecule has 0 saturated carbocycles. The van der Waals surface area contributed by atoms with E-state index in [0.29, 0.717) is 12.5 Å². The van der Waals surface area contributed by atoms with E-state index in [-0.39, 0.29) is 12.6 Å². The highest BCUT2D eigenvalue weighted by atomic mass is 16.5. The molecule has 1 aromatic carbocycles. The number of hydrogen-bond donors (Lipinski definition) is 2. The van der Waals surface area contributed by atoms with Crippen LogP contribution in [0.1, 0.15) is 30.1 Å². The molecule has 9 heteroatoms. The van der Waals surface area contributed by atoms with E-state index < -0.39 is 0 Å². The maximum Gasteiger partial charge on any atom is 0.150 e. The van der Waals surface area contributed by atoms with E-state index in [2.05, 4.69) is 56.6 Å². The number of aromatic nitrogens is 6. The van der Waals surface area contributed by atoms with Crippen molar-refractivity contribution < 1.29 is 9.84 Å². The molecule has 1 aliphatic heterocycles. The van der Waals surface area contributed by atoms with Gasteiger partial charge in [0.25, 0.3) is 0 Å². The van der Waals surface area contributed by atoms with Crippen LogP contribution in [-0.4, -0.2) is 61.0 Å². The third-order valence-corrected chi connectivity index (χ3v) is 7.35. The van der Waals surface area contributed by atoms with Crippen LogP contribution in [0.5, 0.6) is 0 Å². The van der Waals surface area contributed by atoms with Crippen molar-refractivity contribution in [1.29, 1.82) is 0 Å². The molecule has 0 spiro atoms. The molecule has 2 N–H and O–H groups in total. The van der Waals surface area contributed by atoms with Gasteiger partial charge in [-0.2, -0.15) is 0 Å². The Morgan fingerprint density at radius 2 is 1.95 bits per heavy atom. The van der Waals surface area contributed by atoms with Crippen molar-refractivity contribution in [3.63, 3.8) is 0 Å². The fourth-order valence-corrected chi connectivity index (χ4v) is 5.75. The van der Waals surface area contributed by atoms with Crippen LogP contribution in [0, 0.1) is 12.8 Å². The van der Waals surface area contributed by atoms with Gasteiger partial charge in [-0.05, 0) is 43.4 Å². The highest BCUT2D eigenvalue weighted by Gasteiger charge is 2.31. The van der Waals surface area contributed by atoms with Crippen LogP contribution in [-0.2, 0) is 11.8 Å². The second-order valence-corrected chi connectivity index (χ2v) is 9.62. The molecule has 1 aliphatic rings. The Bertz CT molecular complexity index is 1520. The monoisotopic (exact) mass is 497 g/mol. The highest BCUT2D eigenvalue weighted by Crippen LogP contribution is 2.42. The summed E-state index contributed by atoms with van der Waals surface area (Å²) in [5.41, 5.74) is 6.98. The molecule has 1 atom stereocenters. The van der Waals surface area contributed by atoms with Gasteiger partial charge in [0.2, 0.25) is 0 Å². The number of aliphatic hydroxyl groups excluding tert-OH is 1. The number of nitrogens with one attached hydrogen (secondary N) is 1. The third kappa shape index (κ3) is 4.14. The predicted octanol–water partition coefficient (Wildman–Crippen LogP) is 4.11. The third-order valence-electron chi connectivity index (χ3n) is 7.35. The Labute approximate surface area is 215 Å². The molecule has 4 aromatic heterocycles. The van der Waals surface area contributed by atoms with Gasteiger partial charge in [0.05, 0.1) is 40.6 Å². The van der Waals surface area contributed by atoms with E-state index in [0.717, 1.165) is 70.8 Å². The van der Waals surface area contributed by atoms with Gasteiger partial charge in [-0.25, -0.2) is 9.67 Å². The van der Waals surface area contributed by atoms with Crippen LogP contribution in [0.25, 0.3) is 33.2 Å². The minimum atomic E-state index is 0.0234. The normalized spacial score (nSPS) is 15.4. The largest absolute Gasteiger partial charge is 0.395 e. The van der Waals surface area contributed by atoms with Gasteiger partial charge >= 0.3 is 0 Å². The average molecular weight is 498 g/mol. The van der Waals surface area contributed by atoms with Crippen LogP contribution in [0.2, 0.25) is 0 Å². The van der Waals surface area contributed by atoms with Crippen molar-refractivity contribution in [2.45, 2.75) is 25.8 Å². The highest BCUT2D eigenvalue weighted by molar-refractivity contribution is 6.10. The lowest BCUT2D eigenvalue weighted by Gasteiger charge is -2.33. The zero-order valence-corrected chi connectivity index (χ0v) is 21.1. The van der Waals surface area contributed by atoms with Crippen LogP contribution in [0.4, 0.5) is 5.82 Å². The summed E-state index contributed by atoms with van der Waals surface area (Å²) in [6.07, 6.45) is 5.66. The fraction of sp³-hybridized carbons (Fsp3) is 0.357. The van der Waals surface area contributed by atoms with E-state index in [1.165, 1.54) is 5.56 Å². The van der Waals surface area contributed by atoms with E-state index >= 15 is 0 Å². The first kappa shape index (κ1) is 23.6. The summed E-state index contributed by atoms with van der Waals surface area (Å²) in [5, 5.41) is 22.4. The van der Waals surface area contributed by atoms with Gasteiger partial charge in [-0.15, -0.1) is 5.10 Å². The first-order chi connectivity index (χ1) is 18.2. The number of ether oxygens (including phenoxy) is 1. The van der Waals surface area contributed by atoms with Crippen LogP contribution in [0.15, 0.2) is 54.9 Å². The first-order valence-electron chi connectivity index (χ1n) is 12.8. The molecule has 6 rings (SSSR count). The lowest BCUT2D eigenvalue weighted by Crippen LogP contribution is -2.27. The number of benzene rings is 1. The molecule has 190 valence electrons. The Kier molecular flexibility index (Phi) is 6.31. The average Bonchev–Trinajstić information content (AvgIpc) is 3.45. The zero-order chi connectivity index (χ0) is 25.4. The van der Waals surface area contributed by atoms with Crippen molar-refractivity contribution in [2.24, 2.45) is 13.0 Å². The van der Waals surface area contributed by atoms with Gasteiger partial charge < -0.3 is 19.7 Å². The van der Waals surface area contributed by atoms with Gasteiger partial charge in [0.15, 0.2) is 5.82 Å². The number of anilines is 1. The molecule has 5 heterocycles. The molecule has 37 heavy (non-hydrogen) atoms. The van der Waals surface area contributed by atoms with Gasteiger partial charge in [0.1, 0.15) is 0 Å². The summed E-state index contributed by atoms with van der Waals surface area (Å²) < 4.78 is 9.97. The Balaban J connectivity index is 1.68. The number of hydrogen-bond acceptors (Lipinski definition) is 7.